The highest BCUT2D eigenvalue weighted by Gasteiger charge is 2.16. The zero-order chi connectivity index (χ0) is 15.5. The molecule has 5 heteroatoms. The van der Waals surface area contributed by atoms with E-state index < -0.39 is 0 Å². The van der Waals surface area contributed by atoms with Crippen molar-refractivity contribution >= 4 is 22.5 Å². The molecule has 1 heterocycles. The van der Waals surface area contributed by atoms with Gasteiger partial charge in [-0.25, -0.2) is 0 Å². The molecule has 1 aliphatic carbocycles. The molecule has 0 radical (unpaired) electrons. The number of benzene rings is 1. The summed E-state index contributed by atoms with van der Waals surface area (Å²) in [6.45, 7) is 2.39. The van der Waals surface area contributed by atoms with E-state index in [0.717, 1.165) is 47.7 Å². The number of aromatic amines is 1. The van der Waals surface area contributed by atoms with Crippen LogP contribution >= 0.6 is 0 Å². The summed E-state index contributed by atoms with van der Waals surface area (Å²) in [6.07, 6.45) is 4.00. The lowest BCUT2D eigenvalue weighted by Crippen LogP contribution is -2.20. The molecule has 1 aromatic heterocycles. The van der Waals surface area contributed by atoms with Crippen molar-refractivity contribution in [2.24, 2.45) is 0 Å². The second-order valence-electron chi connectivity index (χ2n) is 5.56. The van der Waals surface area contributed by atoms with Crippen molar-refractivity contribution in [2.75, 3.05) is 18.5 Å². The van der Waals surface area contributed by atoms with E-state index in [1.165, 1.54) is 0 Å². The minimum atomic E-state index is -0.193. The Balaban J connectivity index is 1.94. The van der Waals surface area contributed by atoms with Gasteiger partial charge in [-0.15, -0.1) is 0 Å². The summed E-state index contributed by atoms with van der Waals surface area (Å²) >= 11 is 0. The van der Waals surface area contributed by atoms with Crippen LogP contribution in [0.15, 0.2) is 23.0 Å². The molecular formula is C17H20N2O3. The molecule has 0 fully saturated rings. The number of aromatic nitrogens is 1. The third kappa shape index (κ3) is 2.90. The Morgan fingerprint density at radius 3 is 2.82 bits per heavy atom. The molecule has 0 saturated heterocycles. The lowest BCUT2D eigenvalue weighted by Gasteiger charge is -2.17. The summed E-state index contributed by atoms with van der Waals surface area (Å²) in [5.74, 6) is -0.193. The molecule has 1 aliphatic rings. The van der Waals surface area contributed by atoms with Gasteiger partial charge >= 0.3 is 0 Å². The number of carbonyl (C=O) groups excluding carboxylic acids is 1. The Labute approximate surface area is 128 Å². The molecule has 1 amide bonds. The SMILES string of the molecule is CCOCC(=O)Nc1ccc2c3c(c(=O)[nH]c2c1)CCCC3. The molecule has 0 unspecified atom stereocenters. The molecule has 0 saturated carbocycles. The van der Waals surface area contributed by atoms with Gasteiger partial charge in [-0.2, -0.15) is 0 Å². The van der Waals surface area contributed by atoms with Gasteiger partial charge in [0.25, 0.3) is 5.56 Å². The van der Waals surface area contributed by atoms with Crippen LogP contribution in [0.5, 0.6) is 0 Å². The third-order valence-electron chi connectivity index (χ3n) is 4.06. The van der Waals surface area contributed by atoms with E-state index in [4.69, 9.17) is 4.74 Å². The highest BCUT2D eigenvalue weighted by atomic mass is 16.5. The average Bonchev–Trinajstić information content (AvgIpc) is 2.53. The Morgan fingerprint density at radius 2 is 2.05 bits per heavy atom. The second kappa shape index (κ2) is 6.32. The Hall–Kier alpha value is -2.14. The van der Waals surface area contributed by atoms with Gasteiger partial charge in [-0.1, -0.05) is 6.07 Å². The zero-order valence-electron chi connectivity index (χ0n) is 12.7. The Morgan fingerprint density at radius 1 is 1.27 bits per heavy atom. The predicted octanol–water partition coefficient (Wildman–Crippen LogP) is 2.38. The van der Waals surface area contributed by atoms with Gasteiger partial charge in [0.05, 0.1) is 5.52 Å². The number of amides is 1. The van der Waals surface area contributed by atoms with Crippen molar-refractivity contribution in [3.05, 3.63) is 39.7 Å². The number of hydrogen-bond donors (Lipinski definition) is 2. The monoisotopic (exact) mass is 300 g/mol. The number of anilines is 1. The number of rotatable bonds is 4. The van der Waals surface area contributed by atoms with Crippen molar-refractivity contribution in [1.29, 1.82) is 0 Å². The number of pyridine rings is 1. The maximum atomic E-state index is 12.2. The van der Waals surface area contributed by atoms with E-state index in [-0.39, 0.29) is 18.1 Å². The molecule has 0 atom stereocenters. The van der Waals surface area contributed by atoms with Crippen LogP contribution in [0.1, 0.15) is 30.9 Å². The summed E-state index contributed by atoms with van der Waals surface area (Å²) in [6, 6.07) is 5.67. The highest BCUT2D eigenvalue weighted by molar-refractivity contribution is 5.95. The van der Waals surface area contributed by atoms with E-state index in [9.17, 15) is 9.59 Å². The lowest BCUT2D eigenvalue weighted by atomic mass is 9.90. The summed E-state index contributed by atoms with van der Waals surface area (Å²) in [5, 5.41) is 3.86. The van der Waals surface area contributed by atoms with Crippen LogP contribution in [0.3, 0.4) is 0 Å². The van der Waals surface area contributed by atoms with Gasteiger partial charge in [-0.05, 0) is 50.3 Å². The van der Waals surface area contributed by atoms with Crippen LogP contribution in [0.25, 0.3) is 10.9 Å². The van der Waals surface area contributed by atoms with Crippen LogP contribution in [-0.2, 0) is 22.4 Å². The van der Waals surface area contributed by atoms with Crippen LogP contribution in [0.2, 0.25) is 0 Å². The van der Waals surface area contributed by atoms with Crippen molar-refractivity contribution < 1.29 is 9.53 Å². The van der Waals surface area contributed by atoms with Crippen molar-refractivity contribution in [2.45, 2.75) is 32.6 Å². The van der Waals surface area contributed by atoms with E-state index in [1.54, 1.807) is 0 Å². The van der Waals surface area contributed by atoms with Crippen LogP contribution < -0.4 is 10.9 Å². The Bertz CT molecular complexity index is 764. The van der Waals surface area contributed by atoms with E-state index >= 15 is 0 Å². The summed E-state index contributed by atoms with van der Waals surface area (Å²) in [7, 11) is 0. The van der Waals surface area contributed by atoms with Gasteiger partial charge in [0.1, 0.15) is 6.61 Å². The molecule has 2 N–H and O–H groups in total. The van der Waals surface area contributed by atoms with Crippen LogP contribution in [-0.4, -0.2) is 24.1 Å². The topological polar surface area (TPSA) is 71.2 Å². The van der Waals surface area contributed by atoms with Gasteiger partial charge in [0.2, 0.25) is 5.91 Å². The quantitative estimate of drug-likeness (QED) is 0.910. The number of hydrogen-bond acceptors (Lipinski definition) is 3. The van der Waals surface area contributed by atoms with E-state index in [2.05, 4.69) is 10.3 Å². The highest BCUT2D eigenvalue weighted by Crippen LogP contribution is 2.27. The summed E-state index contributed by atoms with van der Waals surface area (Å²) in [4.78, 5) is 26.8. The fourth-order valence-corrected chi connectivity index (χ4v) is 3.03. The molecule has 116 valence electrons. The molecule has 3 rings (SSSR count). The van der Waals surface area contributed by atoms with Gasteiger partial charge in [0, 0.05) is 23.2 Å². The maximum Gasteiger partial charge on any atom is 0.251 e. The first-order chi connectivity index (χ1) is 10.7. The summed E-state index contributed by atoms with van der Waals surface area (Å²) < 4.78 is 5.08. The third-order valence-corrected chi connectivity index (χ3v) is 4.06. The molecule has 22 heavy (non-hydrogen) atoms. The van der Waals surface area contributed by atoms with Crippen LogP contribution in [0, 0.1) is 0 Å². The number of H-pyrrole nitrogens is 1. The van der Waals surface area contributed by atoms with Crippen molar-refractivity contribution in [1.82, 2.24) is 4.98 Å². The number of fused-ring (bicyclic) bond motifs is 3. The molecule has 2 aromatic rings. The standard InChI is InChI=1S/C17H20N2O3/c1-2-22-10-16(20)18-11-7-8-13-12-5-3-4-6-14(12)17(21)19-15(13)9-11/h7-9H,2-6,10H2,1H3,(H,18,20)(H,19,21). The van der Waals surface area contributed by atoms with E-state index in [1.807, 2.05) is 25.1 Å². The van der Waals surface area contributed by atoms with Crippen molar-refractivity contribution in [3.8, 4) is 0 Å². The first-order valence-electron chi connectivity index (χ1n) is 7.74. The van der Waals surface area contributed by atoms with E-state index in [0.29, 0.717) is 12.3 Å². The minimum absolute atomic E-state index is 0.00000662. The minimum Gasteiger partial charge on any atom is -0.372 e. The van der Waals surface area contributed by atoms with Crippen molar-refractivity contribution in [3.63, 3.8) is 0 Å². The largest absolute Gasteiger partial charge is 0.372 e. The normalized spacial score (nSPS) is 13.9. The summed E-state index contributed by atoms with van der Waals surface area (Å²) in [5.41, 5.74) is 3.53. The zero-order valence-corrected chi connectivity index (χ0v) is 12.7. The molecule has 5 nitrogen and oxygen atoms in total. The first-order valence-corrected chi connectivity index (χ1v) is 7.74. The number of carbonyl (C=O) groups is 1. The average molecular weight is 300 g/mol. The first kappa shape index (κ1) is 14.8. The second-order valence-corrected chi connectivity index (χ2v) is 5.56. The molecular weight excluding hydrogens is 280 g/mol. The molecule has 0 spiro atoms. The lowest BCUT2D eigenvalue weighted by molar-refractivity contribution is -0.120. The smallest absolute Gasteiger partial charge is 0.251 e. The number of nitrogens with one attached hydrogen (secondary N) is 2. The van der Waals surface area contributed by atoms with Gasteiger partial charge in [0.15, 0.2) is 0 Å². The van der Waals surface area contributed by atoms with Gasteiger partial charge < -0.3 is 15.0 Å². The number of ether oxygens (including phenoxy) is 1. The molecule has 0 bridgehead atoms. The molecule has 1 aromatic carbocycles. The van der Waals surface area contributed by atoms with Crippen LogP contribution in [0.4, 0.5) is 5.69 Å². The molecule has 0 aliphatic heterocycles. The number of aryl methyl sites for hydroxylation is 1. The predicted molar refractivity (Wildman–Crippen MR) is 86.3 cm³/mol. The fourth-order valence-electron chi connectivity index (χ4n) is 3.03. The van der Waals surface area contributed by atoms with Gasteiger partial charge in [-0.3, -0.25) is 9.59 Å². The fraction of sp³-hybridized carbons (Fsp3) is 0.412. The maximum absolute atomic E-state index is 12.2. The Kier molecular flexibility index (Phi) is 4.24.